The summed E-state index contributed by atoms with van der Waals surface area (Å²) in [6.45, 7) is 0.114. The number of hydrogen-bond acceptors (Lipinski definition) is 8. The van der Waals surface area contributed by atoms with Gasteiger partial charge < -0.3 is 25.3 Å². The lowest BCUT2D eigenvalue weighted by atomic mass is 10.00. The number of nitrogens with two attached hydrogens (primary N) is 1. The summed E-state index contributed by atoms with van der Waals surface area (Å²) < 4.78 is 6.80. The minimum Gasteiger partial charge on any atom is -0.497 e. The highest BCUT2D eigenvalue weighted by Gasteiger charge is 2.48. The van der Waals surface area contributed by atoms with E-state index in [-0.39, 0.29) is 30.6 Å². The van der Waals surface area contributed by atoms with Crippen LogP contribution < -0.4 is 21.1 Å². The predicted octanol–water partition coefficient (Wildman–Crippen LogP) is -0.460. The number of nitrogens with one attached hydrogen (secondary N) is 2. The standard InChI is InChI=1S/C21H18N8O4/c1-28-14(25-17-15(28)16(22)23-10-24-17)5-6-21(19(31)26-20(32)27-21)9-29-8-11-3-4-12(33-2)7-13(11)18(29)30/h3-4,7,10H,8-9H2,1-2H3,(H2,22,23,24)(H2,26,27,31,32)/t21-/m1/s1. The molecule has 3 aromatic rings. The summed E-state index contributed by atoms with van der Waals surface area (Å²) in [6, 6.07) is 4.51. The van der Waals surface area contributed by atoms with Crippen LogP contribution in [0.25, 0.3) is 11.2 Å². The number of ether oxygens (including phenoxy) is 1. The molecule has 0 spiro atoms. The molecule has 0 saturated carbocycles. The molecule has 2 aromatic heterocycles. The molecule has 0 radical (unpaired) electrons. The van der Waals surface area contributed by atoms with E-state index in [0.717, 1.165) is 5.56 Å². The summed E-state index contributed by atoms with van der Waals surface area (Å²) in [5.41, 5.74) is 6.36. The Bertz CT molecular complexity index is 1420. The van der Waals surface area contributed by atoms with Crippen molar-refractivity contribution in [3.8, 4) is 17.6 Å². The number of carbonyl (C=O) groups excluding carboxylic acids is 3. The molecule has 4 heterocycles. The molecular formula is C21H18N8O4. The molecule has 0 unspecified atom stereocenters. The monoisotopic (exact) mass is 446 g/mol. The second-order valence-corrected chi connectivity index (χ2v) is 7.67. The van der Waals surface area contributed by atoms with Crippen molar-refractivity contribution in [3.05, 3.63) is 41.5 Å². The molecule has 4 amide bonds. The summed E-state index contributed by atoms with van der Waals surface area (Å²) >= 11 is 0. The van der Waals surface area contributed by atoms with E-state index in [1.807, 2.05) is 0 Å². The molecule has 0 aliphatic carbocycles. The van der Waals surface area contributed by atoms with E-state index < -0.39 is 17.5 Å². The number of methoxy groups -OCH3 is 1. The first-order valence-corrected chi connectivity index (χ1v) is 9.87. The van der Waals surface area contributed by atoms with Crippen LogP contribution in [-0.4, -0.2) is 61.5 Å². The smallest absolute Gasteiger partial charge is 0.323 e. The van der Waals surface area contributed by atoms with Crippen LogP contribution in [0, 0.1) is 11.8 Å². The third kappa shape index (κ3) is 3.18. The summed E-state index contributed by atoms with van der Waals surface area (Å²) in [7, 11) is 3.20. The van der Waals surface area contributed by atoms with Crippen LogP contribution >= 0.6 is 0 Å². The van der Waals surface area contributed by atoms with Crippen LogP contribution in [0.2, 0.25) is 0 Å². The Morgan fingerprint density at radius 3 is 2.79 bits per heavy atom. The number of amides is 4. The second kappa shape index (κ2) is 7.20. The van der Waals surface area contributed by atoms with Crippen LogP contribution in [0.15, 0.2) is 24.5 Å². The number of benzene rings is 1. The average Bonchev–Trinajstić information content (AvgIpc) is 3.38. The predicted molar refractivity (Wildman–Crippen MR) is 115 cm³/mol. The molecule has 4 N–H and O–H groups in total. The van der Waals surface area contributed by atoms with E-state index in [2.05, 4.69) is 37.4 Å². The van der Waals surface area contributed by atoms with Crippen LogP contribution in [0.5, 0.6) is 5.75 Å². The Kier molecular flexibility index (Phi) is 4.42. The fraction of sp³-hybridized carbons (Fsp3) is 0.238. The molecule has 1 saturated heterocycles. The number of aryl methyl sites for hydroxylation is 1. The van der Waals surface area contributed by atoms with Crippen molar-refractivity contribution in [3.63, 3.8) is 0 Å². The molecule has 1 atom stereocenters. The van der Waals surface area contributed by atoms with Gasteiger partial charge in [0.25, 0.3) is 11.8 Å². The van der Waals surface area contributed by atoms with E-state index in [1.54, 1.807) is 29.8 Å². The van der Waals surface area contributed by atoms with E-state index >= 15 is 0 Å². The molecular weight excluding hydrogens is 428 g/mol. The van der Waals surface area contributed by atoms with Crippen molar-refractivity contribution in [2.45, 2.75) is 12.1 Å². The lowest BCUT2D eigenvalue weighted by Crippen LogP contribution is -2.54. The number of imidazole rings is 1. The van der Waals surface area contributed by atoms with Gasteiger partial charge in [0.05, 0.1) is 13.7 Å². The van der Waals surface area contributed by atoms with Gasteiger partial charge in [0.1, 0.15) is 17.6 Å². The maximum Gasteiger partial charge on any atom is 0.323 e. The van der Waals surface area contributed by atoms with Gasteiger partial charge in [-0.05, 0) is 23.6 Å². The first-order valence-electron chi connectivity index (χ1n) is 9.87. The summed E-state index contributed by atoms with van der Waals surface area (Å²) in [5.74, 6) is 5.78. The molecule has 166 valence electrons. The van der Waals surface area contributed by atoms with Crippen molar-refractivity contribution < 1.29 is 19.1 Å². The van der Waals surface area contributed by atoms with Gasteiger partial charge in [0.15, 0.2) is 17.3 Å². The van der Waals surface area contributed by atoms with E-state index in [0.29, 0.717) is 22.5 Å². The van der Waals surface area contributed by atoms with Crippen LogP contribution in [-0.2, 0) is 18.4 Å². The molecule has 33 heavy (non-hydrogen) atoms. The quantitative estimate of drug-likeness (QED) is 0.360. The number of carbonyl (C=O) groups is 3. The number of nitrogens with zero attached hydrogens (tertiary/aromatic N) is 5. The second-order valence-electron chi connectivity index (χ2n) is 7.67. The molecule has 1 fully saturated rings. The summed E-state index contributed by atoms with van der Waals surface area (Å²) in [5, 5.41) is 4.77. The fourth-order valence-electron chi connectivity index (χ4n) is 3.95. The normalized spacial score (nSPS) is 19.2. The number of imide groups is 1. The third-order valence-electron chi connectivity index (χ3n) is 5.65. The molecule has 5 rings (SSSR count). The van der Waals surface area contributed by atoms with Gasteiger partial charge in [-0.3, -0.25) is 14.9 Å². The Morgan fingerprint density at radius 1 is 1.27 bits per heavy atom. The highest BCUT2D eigenvalue weighted by Crippen LogP contribution is 2.28. The number of urea groups is 1. The highest BCUT2D eigenvalue weighted by molar-refractivity contribution is 6.10. The number of aromatic nitrogens is 4. The minimum absolute atomic E-state index is 0.153. The van der Waals surface area contributed by atoms with Crippen molar-refractivity contribution in [1.29, 1.82) is 0 Å². The Balaban J connectivity index is 1.51. The molecule has 12 nitrogen and oxygen atoms in total. The number of anilines is 1. The van der Waals surface area contributed by atoms with E-state index in [4.69, 9.17) is 10.5 Å². The minimum atomic E-state index is -1.66. The van der Waals surface area contributed by atoms with Crippen molar-refractivity contribution >= 4 is 34.8 Å². The van der Waals surface area contributed by atoms with Crippen molar-refractivity contribution in [2.24, 2.45) is 7.05 Å². The van der Waals surface area contributed by atoms with Gasteiger partial charge in [-0.25, -0.2) is 19.7 Å². The summed E-state index contributed by atoms with van der Waals surface area (Å²) in [6.07, 6.45) is 1.29. The molecule has 2 aliphatic rings. The first-order chi connectivity index (χ1) is 15.8. The van der Waals surface area contributed by atoms with Gasteiger partial charge in [0.2, 0.25) is 5.54 Å². The maximum absolute atomic E-state index is 13.0. The van der Waals surface area contributed by atoms with Gasteiger partial charge in [-0.2, -0.15) is 0 Å². The van der Waals surface area contributed by atoms with Crippen LogP contribution in [0.1, 0.15) is 21.7 Å². The first kappa shape index (κ1) is 20.3. The van der Waals surface area contributed by atoms with Gasteiger partial charge in [-0.1, -0.05) is 12.0 Å². The largest absolute Gasteiger partial charge is 0.497 e. The zero-order chi connectivity index (χ0) is 23.3. The average molecular weight is 446 g/mol. The van der Waals surface area contributed by atoms with Crippen molar-refractivity contribution in [1.82, 2.24) is 35.1 Å². The Morgan fingerprint density at radius 2 is 2.09 bits per heavy atom. The topological polar surface area (TPSA) is 157 Å². The highest BCUT2D eigenvalue weighted by atomic mass is 16.5. The Labute approximate surface area is 187 Å². The lowest BCUT2D eigenvalue weighted by molar-refractivity contribution is -0.122. The van der Waals surface area contributed by atoms with Crippen molar-refractivity contribution in [2.75, 3.05) is 19.4 Å². The number of fused-ring (bicyclic) bond motifs is 2. The molecule has 0 bridgehead atoms. The SMILES string of the molecule is COc1ccc2c(c1)C(=O)N(C[C@@]1(C#Cc3nc4ncnc(N)c4n3C)NC(=O)NC1=O)C2. The molecule has 1 aromatic carbocycles. The Hall–Kier alpha value is -4.66. The van der Waals surface area contributed by atoms with Gasteiger partial charge in [0, 0.05) is 19.2 Å². The summed E-state index contributed by atoms with van der Waals surface area (Å²) in [4.78, 5) is 51.6. The van der Waals surface area contributed by atoms with Gasteiger partial charge >= 0.3 is 6.03 Å². The van der Waals surface area contributed by atoms with E-state index in [9.17, 15) is 14.4 Å². The van der Waals surface area contributed by atoms with Crippen LogP contribution in [0.3, 0.4) is 0 Å². The molecule has 2 aliphatic heterocycles. The molecule has 12 heteroatoms. The number of rotatable bonds is 3. The van der Waals surface area contributed by atoms with E-state index in [1.165, 1.54) is 18.3 Å². The third-order valence-corrected chi connectivity index (χ3v) is 5.65. The number of nitrogen functional groups attached to an aromatic ring is 1. The number of hydrogen-bond donors (Lipinski definition) is 3. The fourth-order valence-corrected chi connectivity index (χ4v) is 3.95. The lowest BCUT2D eigenvalue weighted by Gasteiger charge is -2.26. The maximum atomic E-state index is 13.0. The zero-order valence-corrected chi connectivity index (χ0v) is 17.7. The zero-order valence-electron chi connectivity index (χ0n) is 17.7. The van der Waals surface area contributed by atoms with Crippen LogP contribution in [0.4, 0.5) is 10.6 Å². The van der Waals surface area contributed by atoms with Gasteiger partial charge in [-0.15, -0.1) is 0 Å².